The van der Waals surface area contributed by atoms with Gasteiger partial charge in [-0.2, -0.15) is 0 Å². The summed E-state index contributed by atoms with van der Waals surface area (Å²) in [6.45, 7) is 0.892. The van der Waals surface area contributed by atoms with Crippen molar-refractivity contribution in [3.63, 3.8) is 0 Å². The van der Waals surface area contributed by atoms with Gasteiger partial charge in [-0.15, -0.1) is 0 Å². The molecule has 0 amide bonds. The number of ether oxygens (including phenoxy) is 2. The Bertz CT molecular complexity index is 175. The van der Waals surface area contributed by atoms with Crippen LogP contribution in [0.5, 0.6) is 0 Å². The summed E-state index contributed by atoms with van der Waals surface area (Å²) in [5.74, 6) is 0. The summed E-state index contributed by atoms with van der Waals surface area (Å²) in [5.41, 5.74) is -1.47. The summed E-state index contributed by atoms with van der Waals surface area (Å²) in [6, 6.07) is 0. The van der Waals surface area contributed by atoms with Crippen LogP contribution in [0, 0.1) is 10.1 Å². The van der Waals surface area contributed by atoms with E-state index >= 15 is 0 Å². The van der Waals surface area contributed by atoms with Crippen LogP contribution >= 0.6 is 0 Å². The number of rotatable bonds is 2. The average Bonchev–Trinajstić information content (AvgIpc) is 2.06. The molecule has 1 aliphatic heterocycles. The molecule has 1 rings (SSSR count). The van der Waals surface area contributed by atoms with Crippen LogP contribution in [0.15, 0.2) is 0 Å². The summed E-state index contributed by atoms with van der Waals surface area (Å²) in [5, 5.41) is 19.3. The molecule has 12 heavy (non-hydrogen) atoms. The molecule has 0 bridgehead atoms. The molecule has 6 nitrogen and oxygen atoms in total. The minimum Gasteiger partial charge on any atom is -0.389 e. The van der Waals surface area contributed by atoms with Crippen molar-refractivity contribution in [2.45, 2.75) is 18.8 Å². The van der Waals surface area contributed by atoms with Crippen LogP contribution in [0.25, 0.3) is 0 Å². The molecular formula is C6H11NO5. The van der Waals surface area contributed by atoms with Crippen LogP contribution < -0.4 is 0 Å². The predicted molar refractivity (Wildman–Crippen MR) is 38.2 cm³/mol. The lowest BCUT2D eigenvalue weighted by molar-refractivity contribution is -0.594. The third-order valence-corrected chi connectivity index (χ3v) is 1.86. The maximum Gasteiger partial charge on any atom is 0.290 e. The average molecular weight is 177 g/mol. The molecule has 1 N–H and O–H groups in total. The second-order valence-electron chi connectivity index (χ2n) is 2.83. The molecular weight excluding hydrogens is 166 g/mol. The minimum atomic E-state index is -1.47. The Hall–Kier alpha value is -0.720. The molecule has 70 valence electrons. The minimum absolute atomic E-state index is 0.0995. The summed E-state index contributed by atoms with van der Waals surface area (Å²) in [7, 11) is 0. The van der Waals surface area contributed by atoms with Gasteiger partial charge in [-0.1, -0.05) is 0 Å². The number of nitro groups is 1. The summed E-state index contributed by atoms with van der Waals surface area (Å²) >= 11 is 0. The van der Waals surface area contributed by atoms with E-state index in [1.54, 1.807) is 6.92 Å². The van der Waals surface area contributed by atoms with E-state index in [4.69, 9.17) is 14.6 Å². The van der Waals surface area contributed by atoms with E-state index in [0.717, 1.165) is 0 Å². The lowest BCUT2D eigenvalue weighted by Gasteiger charge is -2.30. The van der Waals surface area contributed by atoms with Gasteiger partial charge in [0.25, 0.3) is 5.54 Å². The fraction of sp³-hybridized carbons (Fsp3) is 1.00. The van der Waals surface area contributed by atoms with Crippen LogP contribution in [0.1, 0.15) is 6.92 Å². The van der Waals surface area contributed by atoms with Crippen LogP contribution in [0.4, 0.5) is 0 Å². The fourth-order valence-electron chi connectivity index (χ4n) is 0.889. The Morgan fingerprint density at radius 3 is 2.50 bits per heavy atom. The molecule has 0 aromatic carbocycles. The van der Waals surface area contributed by atoms with Crippen LogP contribution in [0.2, 0.25) is 0 Å². The molecule has 0 unspecified atom stereocenters. The van der Waals surface area contributed by atoms with Crippen molar-refractivity contribution in [3.8, 4) is 0 Å². The molecule has 1 heterocycles. The molecule has 0 aromatic heterocycles. The van der Waals surface area contributed by atoms with Crippen LogP contribution in [0.3, 0.4) is 0 Å². The van der Waals surface area contributed by atoms with Crippen molar-refractivity contribution >= 4 is 0 Å². The van der Waals surface area contributed by atoms with Crippen molar-refractivity contribution in [1.82, 2.24) is 0 Å². The third kappa shape index (κ3) is 1.55. The third-order valence-electron chi connectivity index (χ3n) is 1.86. The summed E-state index contributed by atoms with van der Waals surface area (Å²) < 4.78 is 9.84. The highest BCUT2D eigenvalue weighted by atomic mass is 16.7. The van der Waals surface area contributed by atoms with E-state index in [0.29, 0.717) is 0 Å². The largest absolute Gasteiger partial charge is 0.389 e. The molecule has 0 aromatic rings. The number of hydrogen-bond donors (Lipinski definition) is 1. The van der Waals surface area contributed by atoms with Gasteiger partial charge in [0.05, 0.1) is 0 Å². The molecule has 0 spiro atoms. The molecule has 1 fully saturated rings. The van der Waals surface area contributed by atoms with E-state index in [1.807, 2.05) is 0 Å². The van der Waals surface area contributed by atoms with Crippen LogP contribution in [-0.4, -0.2) is 41.7 Å². The summed E-state index contributed by atoms with van der Waals surface area (Å²) in [6.07, 6.45) is -0.426. The van der Waals surface area contributed by atoms with Gasteiger partial charge in [0, 0.05) is 4.92 Å². The van der Waals surface area contributed by atoms with E-state index < -0.39 is 23.4 Å². The molecule has 0 saturated carbocycles. The number of aliphatic hydroxyl groups is 1. The normalized spacial score (nSPS) is 36.3. The Morgan fingerprint density at radius 2 is 2.17 bits per heavy atom. The first kappa shape index (κ1) is 9.37. The first-order chi connectivity index (χ1) is 5.60. The second kappa shape index (κ2) is 3.34. The molecule has 0 aliphatic carbocycles. The Labute approximate surface area is 69.2 Å². The van der Waals surface area contributed by atoms with E-state index in [9.17, 15) is 10.1 Å². The smallest absolute Gasteiger partial charge is 0.290 e. The van der Waals surface area contributed by atoms with E-state index in [-0.39, 0.29) is 13.2 Å². The topological polar surface area (TPSA) is 81.8 Å². The van der Waals surface area contributed by atoms with Gasteiger partial charge in [-0.05, 0) is 6.92 Å². The van der Waals surface area contributed by atoms with Crippen molar-refractivity contribution in [1.29, 1.82) is 0 Å². The van der Waals surface area contributed by atoms with Gasteiger partial charge in [0.15, 0.2) is 6.29 Å². The van der Waals surface area contributed by atoms with Crippen LogP contribution in [-0.2, 0) is 9.47 Å². The highest BCUT2D eigenvalue weighted by Crippen LogP contribution is 2.18. The zero-order valence-corrected chi connectivity index (χ0v) is 6.73. The highest BCUT2D eigenvalue weighted by molar-refractivity contribution is 4.80. The summed E-state index contributed by atoms with van der Waals surface area (Å²) in [4.78, 5) is 9.94. The van der Waals surface area contributed by atoms with Crippen molar-refractivity contribution in [2.24, 2.45) is 0 Å². The van der Waals surface area contributed by atoms with Crippen molar-refractivity contribution < 1.29 is 19.5 Å². The monoisotopic (exact) mass is 177 g/mol. The zero-order chi connectivity index (χ0) is 9.19. The molecule has 1 aliphatic rings. The lowest BCUT2D eigenvalue weighted by atomic mass is 10.0. The van der Waals surface area contributed by atoms with E-state index in [1.165, 1.54) is 0 Å². The van der Waals surface area contributed by atoms with Crippen molar-refractivity contribution in [2.75, 3.05) is 19.8 Å². The second-order valence-corrected chi connectivity index (χ2v) is 2.83. The Balaban J connectivity index is 2.63. The zero-order valence-electron chi connectivity index (χ0n) is 6.73. The van der Waals surface area contributed by atoms with Crippen molar-refractivity contribution in [3.05, 3.63) is 10.1 Å². The maximum absolute atomic E-state index is 10.5. The number of aliphatic hydroxyl groups excluding tert-OH is 1. The predicted octanol–water partition coefficient (Wildman–Crippen LogP) is -0.613. The molecule has 6 heteroatoms. The van der Waals surface area contributed by atoms with Gasteiger partial charge in [-0.3, -0.25) is 10.1 Å². The molecule has 0 atom stereocenters. The molecule has 1 saturated heterocycles. The Morgan fingerprint density at radius 1 is 1.67 bits per heavy atom. The van der Waals surface area contributed by atoms with Gasteiger partial charge in [0.1, 0.15) is 19.8 Å². The fourth-order valence-corrected chi connectivity index (χ4v) is 0.889. The quantitative estimate of drug-likeness (QED) is 0.449. The lowest BCUT2D eigenvalue weighted by Crippen LogP contribution is -2.55. The van der Waals surface area contributed by atoms with Gasteiger partial charge in [-0.25, -0.2) is 0 Å². The first-order valence-electron chi connectivity index (χ1n) is 3.59. The molecule has 0 radical (unpaired) electrons. The standard InChI is InChI=1S/C6H11NO5/c1-5-11-3-6(2-8,4-12-5)7(9)10/h5,8H,2-4H2,1H3. The SMILES string of the molecule is CC1OCC(CO)([N+](=O)[O-])CO1. The number of nitrogens with zero attached hydrogens (tertiary/aromatic N) is 1. The first-order valence-corrected chi connectivity index (χ1v) is 3.59. The highest BCUT2D eigenvalue weighted by Gasteiger charge is 2.46. The van der Waals surface area contributed by atoms with Gasteiger partial charge in [0.2, 0.25) is 0 Å². The van der Waals surface area contributed by atoms with E-state index in [2.05, 4.69) is 0 Å². The van der Waals surface area contributed by atoms with Gasteiger partial charge >= 0.3 is 0 Å². The Kier molecular flexibility index (Phi) is 2.61. The number of hydrogen-bond acceptors (Lipinski definition) is 5. The maximum atomic E-state index is 10.5. The van der Waals surface area contributed by atoms with Gasteiger partial charge < -0.3 is 14.6 Å².